The molecule has 31 heavy (non-hydrogen) atoms. The molecule has 1 aliphatic rings. The van der Waals surface area contributed by atoms with Crippen LogP contribution in [-0.2, 0) is 0 Å². The molecule has 4 rings (SSSR count). The van der Waals surface area contributed by atoms with Crippen molar-refractivity contribution in [2.24, 2.45) is 0 Å². The van der Waals surface area contributed by atoms with Gasteiger partial charge in [-0.05, 0) is 49.2 Å². The zero-order valence-corrected chi connectivity index (χ0v) is 19.5. The highest BCUT2D eigenvalue weighted by Gasteiger charge is 2.29. The molecule has 5 nitrogen and oxygen atoms in total. The lowest BCUT2D eigenvalue weighted by Gasteiger charge is -2.38. The summed E-state index contributed by atoms with van der Waals surface area (Å²) in [5.41, 5.74) is 3.76. The van der Waals surface area contributed by atoms with Crippen molar-refractivity contribution in [2.45, 2.75) is 32.7 Å². The zero-order chi connectivity index (χ0) is 22.0. The summed E-state index contributed by atoms with van der Waals surface area (Å²) < 4.78 is 5.30. The van der Waals surface area contributed by atoms with Gasteiger partial charge in [0.2, 0.25) is 0 Å². The van der Waals surface area contributed by atoms with E-state index in [1.54, 1.807) is 23.5 Å². The first-order valence-electron chi connectivity index (χ1n) is 10.9. The fourth-order valence-corrected chi connectivity index (χ4v) is 5.08. The van der Waals surface area contributed by atoms with Crippen molar-refractivity contribution >= 4 is 22.2 Å². The van der Waals surface area contributed by atoms with E-state index in [9.17, 15) is 4.79 Å². The summed E-state index contributed by atoms with van der Waals surface area (Å²) in [6.45, 7) is 10.6. The minimum absolute atomic E-state index is 0.103. The van der Waals surface area contributed by atoms with Crippen LogP contribution in [-0.4, -0.2) is 48.9 Å². The second-order valence-corrected chi connectivity index (χ2v) is 9.89. The third kappa shape index (κ3) is 4.92. The van der Waals surface area contributed by atoms with Crippen molar-refractivity contribution in [1.82, 2.24) is 9.80 Å². The number of likely N-dealkylation sites (N-methyl/N-ethyl adjacent to an activating group) is 1. The molecular weight excluding hydrogens is 406 g/mol. The van der Waals surface area contributed by atoms with Gasteiger partial charge in [-0.25, -0.2) is 0 Å². The summed E-state index contributed by atoms with van der Waals surface area (Å²) in [4.78, 5) is 18.8. The van der Waals surface area contributed by atoms with Crippen LogP contribution in [0.25, 0.3) is 0 Å². The number of anilines is 1. The molecule has 0 bridgehead atoms. The second-order valence-electron chi connectivity index (χ2n) is 8.64. The maximum Gasteiger partial charge on any atom is 0.291 e. The molecule has 1 amide bonds. The topological polar surface area (TPSA) is 48.7 Å². The maximum atomic E-state index is 12.7. The Balaban J connectivity index is 1.70. The van der Waals surface area contributed by atoms with Gasteiger partial charge in [-0.2, -0.15) is 0 Å². The SMILES string of the molecule is Cc1cc([C@H](c2ccc(C(C)C)cc2)N2CCN(C)CC2)c(NC(=O)c2ccco2)s1. The van der Waals surface area contributed by atoms with Crippen LogP contribution < -0.4 is 5.32 Å². The van der Waals surface area contributed by atoms with Crippen LogP contribution in [0.5, 0.6) is 0 Å². The van der Waals surface area contributed by atoms with E-state index < -0.39 is 0 Å². The van der Waals surface area contributed by atoms with E-state index >= 15 is 0 Å². The Morgan fingerprint density at radius 2 is 1.74 bits per heavy atom. The average Bonchev–Trinajstić information content (AvgIpc) is 3.40. The number of thiophene rings is 1. The molecular formula is C25H31N3O2S. The monoisotopic (exact) mass is 437 g/mol. The molecule has 0 unspecified atom stereocenters. The Labute approximate surface area is 188 Å². The van der Waals surface area contributed by atoms with Crippen LogP contribution in [0.1, 0.15) is 57.9 Å². The molecule has 0 saturated carbocycles. The molecule has 6 heteroatoms. The number of rotatable bonds is 6. The number of nitrogens with one attached hydrogen (secondary N) is 1. The number of benzene rings is 1. The lowest BCUT2D eigenvalue weighted by Crippen LogP contribution is -2.46. The Morgan fingerprint density at radius 1 is 1.06 bits per heavy atom. The Morgan fingerprint density at radius 3 is 2.35 bits per heavy atom. The van der Waals surface area contributed by atoms with Crippen molar-refractivity contribution in [2.75, 3.05) is 38.5 Å². The van der Waals surface area contributed by atoms with E-state index in [4.69, 9.17) is 4.42 Å². The van der Waals surface area contributed by atoms with E-state index in [-0.39, 0.29) is 11.9 Å². The lowest BCUT2D eigenvalue weighted by atomic mass is 9.94. The van der Waals surface area contributed by atoms with Gasteiger partial charge in [-0.3, -0.25) is 9.69 Å². The number of hydrogen-bond acceptors (Lipinski definition) is 5. The number of aryl methyl sites for hydroxylation is 1. The van der Waals surface area contributed by atoms with Crippen LogP contribution in [0.4, 0.5) is 5.00 Å². The van der Waals surface area contributed by atoms with E-state index in [1.165, 1.54) is 22.3 Å². The first-order chi connectivity index (χ1) is 14.9. The predicted octanol–water partition coefficient (Wildman–Crippen LogP) is 5.36. The minimum Gasteiger partial charge on any atom is -0.459 e. The van der Waals surface area contributed by atoms with E-state index in [1.807, 2.05) is 0 Å². The van der Waals surface area contributed by atoms with Gasteiger partial charge >= 0.3 is 0 Å². The van der Waals surface area contributed by atoms with Crippen molar-refractivity contribution in [3.63, 3.8) is 0 Å². The molecule has 1 aliphatic heterocycles. The Hall–Kier alpha value is -2.41. The third-order valence-electron chi connectivity index (χ3n) is 5.97. The second kappa shape index (κ2) is 9.39. The quantitative estimate of drug-likeness (QED) is 0.564. The smallest absolute Gasteiger partial charge is 0.291 e. The lowest BCUT2D eigenvalue weighted by molar-refractivity contribution is 0.0996. The van der Waals surface area contributed by atoms with Gasteiger partial charge in [0.25, 0.3) is 5.91 Å². The third-order valence-corrected chi connectivity index (χ3v) is 6.95. The number of amides is 1. The van der Waals surface area contributed by atoms with Crippen molar-refractivity contribution in [1.29, 1.82) is 0 Å². The van der Waals surface area contributed by atoms with E-state index in [0.717, 1.165) is 36.7 Å². The van der Waals surface area contributed by atoms with Crippen LogP contribution in [0, 0.1) is 6.92 Å². The maximum absolute atomic E-state index is 12.7. The molecule has 0 spiro atoms. The number of piperazine rings is 1. The van der Waals surface area contributed by atoms with Gasteiger partial charge < -0.3 is 14.6 Å². The highest BCUT2D eigenvalue weighted by Crippen LogP contribution is 2.39. The summed E-state index contributed by atoms with van der Waals surface area (Å²) in [6.07, 6.45) is 1.53. The van der Waals surface area contributed by atoms with Crippen LogP contribution in [0.15, 0.2) is 53.1 Å². The van der Waals surface area contributed by atoms with Gasteiger partial charge in [-0.1, -0.05) is 38.1 Å². The molecule has 1 fully saturated rings. The van der Waals surface area contributed by atoms with Gasteiger partial charge in [0, 0.05) is 36.6 Å². The summed E-state index contributed by atoms with van der Waals surface area (Å²) in [5.74, 6) is 0.623. The summed E-state index contributed by atoms with van der Waals surface area (Å²) >= 11 is 1.62. The summed E-state index contributed by atoms with van der Waals surface area (Å²) in [5, 5.41) is 4.01. The Bertz CT molecular complexity index is 1000. The molecule has 3 heterocycles. The number of nitrogens with zero attached hydrogens (tertiary/aromatic N) is 2. The molecule has 0 aliphatic carbocycles. The molecule has 1 aromatic carbocycles. The van der Waals surface area contributed by atoms with Crippen LogP contribution in [0.3, 0.4) is 0 Å². The van der Waals surface area contributed by atoms with E-state index in [2.05, 4.69) is 73.3 Å². The summed E-state index contributed by atoms with van der Waals surface area (Å²) in [7, 11) is 2.17. The molecule has 2 aromatic heterocycles. The highest BCUT2D eigenvalue weighted by molar-refractivity contribution is 7.16. The van der Waals surface area contributed by atoms with Crippen molar-refractivity contribution < 1.29 is 9.21 Å². The van der Waals surface area contributed by atoms with Crippen molar-refractivity contribution in [3.8, 4) is 0 Å². The fourth-order valence-electron chi connectivity index (χ4n) is 4.14. The number of furan rings is 1. The molecule has 3 aromatic rings. The van der Waals surface area contributed by atoms with Gasteiger partial charge in [0.05, 0.1) is 12.3 Å². The van der Waals surface area contributed by atoms with Crippen LogP contribution >= 0.6 is 11.3 Å². The number of carbonyl (C=O) groups excluding carboxylic acids is 1. The van der Waals surface area contributed by atoms with E-state index in [0.29, 0.717) is 11.7 Å². The predicted molar refractivity (Wildman–Crippen MR) is 127 cm³/mol. The fraction of sp³-hybridized carbons (Fsp3) is 0.400. The first kappa shape index (κ1) is 21.8. The van der Waals surface area contributed by atoms with Gasteiger partial charge in [0.1, 0.15) is 5.00 Å². The standard InChI is InChI=1S/C25H31N3O2S/c1-17(2)19-7-9-20(10-8-19)23(28-13-11-27(4)12-14-28)21-16-18(3)31-25(21)26-24(29)22-6-5-15-30-22/h5-10,15-17,23H,11-14H2,1-4H3,(H,26,29)/t23-/m0/s1. The molecule has 0 radical (unpaired) electrons. The molecule has 1 saturated heterocycles. The number of hydrogen-bond donors (Lipinski definition) is 1. The average molecular weight is 438 g/mol. The minimum atomic E-state index is -0.208. The highest BCUT2D eigenvalue weighted by atomic mass is 32.1. The Kier molecular flexibility index (Phi) is 6.60. The first-order valence-corrected chi connectivity index (χ1v) is 11.7. The molecule has 164 valence electrons. The van der Waals surface area contributed by atoms with Crippen LogP contribution in [0.2, 0.25) is 0 Å². The van der Waals surface area contributed by atoms with Crippen molar-refractivity contribution in [3.05, 3.63) is 76.1 Å². The van der Waals surface area contributed by atoms with Gasteiger partial charge in [0.15, 0.2) is 5.76 Å². The normalized spacial score (nSPS) is 16.5. The molecule has 1 atom stereocenters. The largest absolute Gasteiger partial charge is 0.459 e. The number of carbonyl (C=O) groups is 1. The van der Waals surface area contributed by atoms with Gasteiger partial charge in [-0.15, -0.1) is 11.3 Å². The zero-order valence-electron chi connectivity index (χ0n) is 18.7. The summed E-state index contributed by atoms with van der Waals surface area (Å²) in [6, 6.07) is 14.7. The molecule has 1 N–H and O–H groups in total.